The molecular weight excluding hydrogens is 252 g/mol. The molecule has 0 saturated carbocycles. The maximum atomic E-state index is 11.1. The van der Waals surface area contributed by atoms with Gasteiger partial charge in [-0.25, -0.2) is 9.78 Å². The number of nitrogens with zero attached hydrogens (tertiary/aromatic N) is 4. The second-order valence-corrected chi connectivity index (χ2v) is 5.31. The van der Waals surface area contributed by atoms with Gasteiger partial charge in [0, 0.05) is 5.38 Å². The van der Waals surface area contributed by atoms with Gasteiger partial charge >= 0.3 is 5.97 Å². The van der Waals surface area contributed by atoms with Gasteiger partial charge in [0.2, 0.25) is 5.13 Å². The summed E-state index contributed by atoms with van der Waals surface area (Å²) in [5.41, 5.74) is 1.50. The summed E-state index contributed by atoms with van der Waals surface area (Å²) >= 11 is 1.43. The van der Waals surface area contributed by atoms with Gasteiger partial charge in [-0.15, -0.1) is 16.4 Å². The minimum Gasteiger partial charge on any atom is -0.476 e. The lowest BCUT2D eigenvalue weighted by Gasteiger charge is -2.06. The van der Waals surface area contributed by atoms with Crippen molar-refractivity contribution in [2.45, 2.75) is 27.2 Å². The molecular formula is C11H14N4O2S. The predicted octanol–water partition coefficient (Wildman–Crippen LogP) is 1.93. The topological polar surface area (TPSA) is 80.9 Å². The van der Waals surface area contributed by atoms with Crippen molar-refractivity contribution in [2.24, 2.45) is 5.92 Å². The Balaban J connectivity index is 2.50. The van der Waals surface area contributed by atoms with E-state index in [1.807, 2.05) is 26.2 Å². The van der Waals surface area contributed by atoms with Gasteiger partial charge in [-0.3, -0.25) is 0 Å². The molecule has 0 fully saturated rings. The van der Waals surface area contributed by atoms with E-state index in [1.165, 1.54) is 16.0 Å². The van der Waals surface area contributed by atoms with Crippen LogP contribution >= 0.6 is 11.3 Å². The van der Waals surface area contributed by atoms with Crippen molar-refractivity contribution < 1.29 is 9.90 Å². The van der Waals surface area contributed by atoms with E-state index in [4.69, 9.17) is 5.11 Å². The quantitative estimate of drug-likeness (QED) is 0.914. The molecule has 0 saturated heterocycles. The number of hydrogen-bond acceptors (Lipinski definition) is 5. The first kappa shape index (κ1) is 12.7. The lowest BCUT2D eigenvalue weighted by Crippen LogP contribution is -2.09. The molecule has 18 heavy (non-hydrogen) atoms. The number of carboxylic acids is 1. The Morgan fingerprint density at radius 3 is 2.78 bits per heavy atom. The molecule has 0 aliphatic carbocycles. The van der Waals surface area contributed by atoms with Crippen molar-refractivity contribution in [3.05, 3.63) is 22.5 Å². The predicted molar refractivity (Wildman–Crippen MR) is 67.3 cm³/mol. The molecule has 7 heteroatoms. The van der Waals surface area contributed by atoms with Crippen LogP contribution in [-0.2, 0) is 6.42 Å². The molecule has 1 N–H and O–H groups in total. The zero-order valence-electron chi connectivity index (χ0n) is 10.4. The van der Waals surface area contributed by atoms with Gasteiger partial charge in [-0.05, 0) is 19.3 Å². The normalized spacial score (nSPS) is 11.1. The molecule has 2 heterocycles. The Bertz CT molecular complexity index is 573. The summed E-state index contributed by atoms with van der Waals surface area (Å²) in [5, 5.41) is 19.3. The van der Waals surface area contributed by atoms with Crippen LogP contribution in [0.5, 0.6) is 0 Å². The summed E-state index contributed by atoms with van der Waals surface area (Å²) in [4.78, 5) is 15.4. The van der Waals surface area contributed by atoms with E-state index >= 15 is 0 Å². The number of carboxylic acid groups (broad SMARTS) is 1. The molecule has 96 valence electrons. The van der Waals surface area contributed by atoms with Crippen molar-refractivity contribution in [1.29, 1.82) is 0 Å². The fourth-order valence-corrected chi connectivity index (χ4v) is 2.40. The number of carbonyl (C=O) groups is 1. The highest BCUT2D eigenvalue weighted by atomic mass is 32.1. The largest absolute Gasteiger partial charge is 0.476 e. The van der Waals surface area contributed by atoms with Gasteiger partial charge in [0.1, 0.15) is 0 Å². The highest BCUT2D eigenvalue weighted by Crippen LogP contribution is 2.19. The molecule has 2 aromatic rings. The standard InChI is InChI=1S/C11H14N4O2S/c1-6(2)4-8-9(10(16)17)13-14-15(8)11-12-7(3)5-18-11/h5-6H,4H2,1-3H3,(H,16,17). The van der Waals surface area contributed by atoms with E-state index in [2.05, 4.69) is 15.3 Å². The lowest BCUT2D eigenvalue weighted by atomic mass is 10.1. The average Bonchev–Trinajstić information content (AvgIpc) is 2.83. The smallest absolute Gasteiger partial charge is 0.358 e. The second kappa shape index (κ2) is 4.85. The Hall–Kier alpha value is -1.76. The van der Waals surface area contributed by atoms with Crippen LogP contribution in [0.25, 0.3) is 5.13 Å². The van der Waals surface area contributed by atoms with Gasteiger partial charge in [-0.1, -0.05) is 19.1 Å². The van der Waals surface area contributed by atoms with Crippen LogP contribution in [0.4, 0.5) is 0 Å². The van der Waals surface area contributed by atoms with Crippen molar-refractivity contribution >= 4 is 17.3 Å². The third kappa shape index (κ3) is 2.40. The molecule has 0 spiro atoms. The molecule has 0 unspecified atom stereocenters. The monoisotopic (exact) mass is 266 g/mol. The van der Waals surface area contributed by atoms with E-state index in [0.717, 1.165) is 5.69 Å². The van der Waals surface area contributed by atoms with Gasteiger partial charge in [-0.2, -0.15) is 4.68 Å². The highest BCUT2D eigenvalue weighted by molar-refractivity contribution is 7.12. The summed E-state index contributed by atoms with van der Waals surface area (Å²) in [5.74, 6) is -0.730. The fourth-order valence-electron chi connectivity index (χ4n) is 1.63. The summed E-state index contributed by atoms with van der Waals surface area (Å²) in [7, 11) is 0. The summed E-state index contributed by atoms with van der Waals surface area (Å²) in [6, 6.07) is 0. The number of thiazole rings is 1. The Labute approximate surface area is 108 Å². The highest BCUT2D eigenvalue weighted by Gasteiger charge is 2.21. The fraction of sp³-hybridized carbons (Fsp3) is 0.455. The zero-order chi connectivity index (χ0) is 13.3. The van der Waals surface area contributed by atoms with Gasteiger partial charge in [0.25, 0.3) is 0 Å². The van der Waals surface area contributed by atoms with Crippen molar-refractivity contribution in [1.82, 2.24) is 20.0 Å². The van der Waals surface area contributed by atoms with Crippen molar-refractivity contribution in [3.8, 4) is 5.13 Å². The molecule has 6 nitrogen and oxygen atoms in total. The first-order valence-corrected chi connectivity index (χ1v) is 6.47. The molecule has 0 aliphatic heterocycles. The maximum absolute atomic E-state index is 11.1. The van der Waals surface area contributed by atoms with Crippen LogP contribution in [0, 0.1) is 12.8 Å². The SMILES string of the molecule is Cc1csc(-n2nnc(C(=O)O)c2CC(C)C)n1. The second-order valence-electron chi connectivity index (χ2n) is 4.47. The van der Waals surface area contributed by atoms with E-state index in [9.17, 15) is 4.79 Å². The summed E-state index contributed by atoms with van der Waals surface area (Å²) in [6.07, 6.45) is 0.604. The van der Waals surface area contributed by atoms with Crippen LogP contribution < -0.4 is 0 Å². The molecule has 2 aromatic heterocycles. The van der Waals surface area contributed by atoms with E-state index < -0.39 is 5.97 Å². The number of aromatic carboxylic acids is 1. The Morgan fingerprint density at radius 1 is 1.56 bits per heavy atom. The van der Waals surface area contributed by atoms with Crippen LogP contribution in [-0.4, -0.2) is 31.1 Å². The number of aryl methyl sites for hydroxylation is 1. The van der Waals surface area contributed by atoms with Crippen LogP contribution in [0.1, 0.15) is 35.7 Å². The number of rotatable bonds is 4. The lowest BCUT2D eigenvalue weighted by molar-refractivity contribution is 0.0689. The van der Waals surface area contributed by atoms with E-state index in [-0.39, 0.29) is 5.69 Å². The van der Waals surface area contributed by atoms with Gasteiger partial charge < -0.3 is 5.11 Å². The average molecular weight is 266 g/mol. The van der Waals surface area contributed by atoms with E-state index in [0.29, 0.717) is 23.2 Å². The Morgan fingerprint density at radius 2 is 2.28 bits per heavy atom. The van der Waals surface area contributed by atoms with Crippen molar-refractivity contribution in [2.75, 3.05) is 0 Å². The molecule has 0 aromatic carbocycles. The van der Waals surface area contributed by atoms with Gasteiger partial charge in [0.15, 0.2) is 5.69 Å². The molecule has 0 amide bonds. The maximum Gasteiger partial charge on any atom is 0.358 e. The number of hydrogen-bond donors (Lipinski definition) is 1. The Kier molecular flexibility index (Phi) is 3.42. The third-order valence-electron chi connectivity index (χ3n) is 2.36. The minimum absolute atomic E-state index is 0.0107. The molecule has 0 radical (unpaired) electrons. The summed E-state index contributed by atoms with van der Waals surface area (Å²) < 4.78 is 1.53. The summed E-state index contributed by atoms with van der Waals surface area (Å²) in [6.45, 7) is 5.93. The van der Waals surface area contributed by atoms with E-state index in [1.54, 1.807) is 0 Å². The first-order valence-electron chi connectivity index (χ1n) is 5.59. The first-order chi connectivity index (χ1) is 8.49. The molecule has 0 atom stereocenters. The zero-order valence-corrected chi connectivity index (χ0v) is 11.2. The molecule has 2 rings (SSSR count). The third-order valence-corrected chi connectivity index (χ3v) is 3.29. The van der Waals surface area contributed by atoms with Crippen LogP contribution in [0.15, 0.2) is 5.38 Å². The van der Waals surface area contributed by atoms with Crippen molar-refractivity contribution in [3.63, 3.8) is 0 Å². The number of aromatic nitrogens is 4. The van der Waals surface area contributed by atoms with Gasteiger partial charge in [0.05, 0.1) is 11.4 Å². The molecule has 0 bridgehead atoms. The van der Waals surface area contributed by atoms with Crippen LogP contribution in [0.3, 0.4) is 0 Å². The molecule has 0 aliphatic rings. The van der Waals surface area contributed by atoms with Crippen LogP contribution in [0.2, 0.25) is 0 Å². The minimum atomic E-state index is -1.05.